The summed E-state index contributed by atoms with van der Waals surface area (Å²) in [5.41, 5.74) is 1.26. The van der Waals surface area contributed by atoms with Crippen LogP contribution in [0.1, 0.15) is 48.3 Å². The summed E-state index contributed by atoms with van der Waals surface area (Å²) in [7, 11) is 0. The number of alkyl halides is 1. The number of hydrogen-bond donors (Lipinski definition) is 2. The molecule has 0 unspecified atom stereocenters. The monoisotopic (exact) mass is 606 g/mol. The molecule has 1 saturated heterocycles. The lowest BCUT2D eigenvalue weighted by molar-refractivity contribution is 0.0579. The highest BCUT2D eigenvalue weighted by Crippen LogP contribution is 2.28. The van der Waals surface area contributed by atoms with Crippen LogP contribution in [0, 0.1) is 18.6 Å². The van der Waals surface area contributed by atoms with Gasteiger partial charge in [-0.25, -0.2) is 23.2 Å². The Labute approximate surface area is 253 Å². The van der Waals surface area contributed by atoms with Gasteiger partial charge in [0.25, 0.3) is 5.91 Å². The molecule has 0 radical (unpaired) electrons. The third-order valence-corrected chi connectivity index (χ3v) is 7.44. The molecule has 0 atom stereocenters. The zero-order valence-corrected chi connectivity index (χ0v) is 24.6. The van der Waals surface area contributed by atoms with Crippen molar-refractivity contribution in [1.82, 2.24) is 19.7 Å². The lowest BCUT2D eigenvalue weighted by Crippen LogP contribution is -2.42. The average Bonchev–Trinajstić information content (AvgIpc) is 3.42. The van der Waals surface area contributed by atoms with Crippen LogP contribution in [0.3, 0.4) is 0 Å². The van der Waals surface area contributed by atoms with Crippen molar-refractivity contribution >= 4 is 23.4 Å². The van der Waals surface area contributed by atoms with Gasteiger partial charge < -0.3 is 15.0 Å². The van der Waals surface area contributed by atoms with E-state index in [0.29, 0.717) is 35.7 Å². The molecule has 0 bridgehead atoms. The molecule has 0 saturated carbocycles. The van der Waals surface area contributed by atoms with Crippen LogP contribution in [0.4, 0.5) is 29.5 Å². The third kappa shape index (κ3) is 6.85. The number of aromatic nitrogens is 3. The van der Waals surface area contributed by atoms with E-state index >= 15 is 0 Å². The maximum Gasteiger partial charge on any atom is 0.324 e. The normalized spacial score (nSPS) is 13.9. The van der Waals surface area contributed by atoms with Crippen molar-refractivity contribution < 1.29 is 27.5 Å². The molecule has 12 heteroatoms. The Bertz CT molecular complexity index is 1630. The fourth-order valence-corrected chi connectivity index (χ4v) is 4.79. The molecule has 9 nitrogen and oxygen atoms in total. The summed E-state index contributed by atoms with van der Waals surface area (Å²) >= 11 is 0. The molecule has 1 aliphatic rings. The number of nitrogens with zero attached hydrogens (tertiary/aromatic N) is 4. The molecule has 2 aromatic carbocycles. The van der Waals surface area contributed by atoms with Crippen LogP contribution in [-0.2, 0) is 5.41 Å². The predicted molar refractivity (Wildman–Crippen MR) is 160 cm³/mol. The standard InChI is InChI=1S/C32H33F3N6O3/c1-20-7-9-22(10-8-20)41-27(18-26(39-41)32(2,3)19-33)38-31(43)37-21-11-14-36-28(17-21)44-23-12-15-40(16-13-23)30(42)29-24(34)5-4-6-25(29)35/h4-11,14,17-18,23H,12-13,15-16,19H2,1-3H3,(H2,36,37,38,43). The zero-order valence-electron chi connectivity index (χ0n) is 24.6. The number of hydrogen-bond acceptors (Lipinski definition) is 5. The van der Waals surface area contributed by atoms with Gasteiger partial charge in [0, 0.05) is 55.4 Å². The number of pyridine rings is 1. The highest BCUT2D eigenvalue weighted by molar-refractivity contribution is 5.99. The molecular formula is C32H33F3N6O3. The maximum absolute atomic E-state index is 14.1. The van der Waals surface area contributed by atoms with E-state index in [2.05, 4.69) is 20.7 Å². The Morgan fingerprint density at radius 3 is 2.34 bits per heavy atom. The molecule has 44 heavy (non-hydrogen) atoms. The van der Waals surface area contributed by atoms with E-state index in [1.807, 2.05) is 31.2 Å². The average molecular weight is 607 g/mol. The Kier molecular flexibility index (Phi) is 8.88. The lowest BCUT2D eigenvalue weighted by atomic mass is 9.91. The van der Waals surface area contributed by atoms with E-state index in [0.717, 1.165) is 17.7 Å². The SMILES string of the molecule is Cc1ccc(-n2nc(C(C)(C)CF)cc2NC(=O)Nc2ccnc(OC3CCN(C(=O)c4c(F)cccc4F)CC3)c2)cc1. The number of urea groups is 1. The Morgan fingerprint density at radius 2 is 1.68 bits per heavy atom. The van der Waals surface area contributed by atoms with Crippen molar-refractivity contribution in [3.63, 3.8) is 0 Å². The second-order valence-electron chi connectivity index (χ2n) is 11.3. The number of piperidine rings is 1. The van der Waals surface area contributed by atoms with Gasteiger partial charge in [-0.3, -0.25) is 14.5 Å². The Morgan fingerprint density at radius 1 is 1.00 bits per heavy atom. The number of amides is 3. The second kappa shape index (κ2) is 12.8. The first-order valence-electron chi connectivity index (χ1n) is 14.2. The molecule has 4 aromatic rings. The Hall–Kier alpha value is -4.87. The molecule has 0 spiro atoms. The summed E-state index contributed by atoms with van der Waals surface area (Å²) in [6, 6.07) is 15.2. The zero-order chi connectivity index (χ0) is 31.4. The van der Waals surface area contributed by atoms with Crippen LogP contribution in [0.5, 0.6) is 5.88 Å². The minimum Gasteiger partial charge on any atom is -0.474 e. The molecule has 2 aromatic heterocycles. The van der Waals surface area contributed by atoms with Gasteiger partial charge in [0.1, 0.15) is 35.8 Å². The number of aryl methyl sites for hydroxylation is 1. The lowest BCUT2D eigenvalue weighted by Gasteiger charge is -2.32. The number of nitrogens with one attached hydrogen (secondary N) is 2. The van der Waals surface area contributed by atoms with E-state index in [4.69, 9.17) is 4.74 Å². The molecule has 1 fully saturated rings. The molecule has 2 N–H and O–H groups in total. The molecular weight excluding hydrogens is 573 g/mol. The maximum atomic E-state index is 14.1. The van der Waals surface area contributed by atoms with Gasteiger partial charge in [-0.1, -0.05) is 37.6 Å². The topological polar surface area (TPSA) is 101 Å². The highest BCUT2D eigenvalue weighted by atomic mass is 19.1. The summed E-state index contributed by atoms with van der Waals surface area (Å²) in [5, 5.41) is 10.1. The quantitative estimate of drug-likeness (QED) is 0.241. The van der Waals surface area contributed by atoms with E-state index in [1.54, 1.807) is 36.7 Å². The van der Waals surface area contributed by atoms with E-state index in [-0.39, 0.29) is 25.1 Å². The minimum atomic E-state index is -0.894. The van der Waals surface area contributed by atoms with Crippen LogP contribution < -0.4 is 15.4 Å². The first-order chi connectivity index (χ1) is 21.0. The van der Waals surface area contributed by atoms with Gasteiger partial charge in [-0.15, -0.1) is 0 Å². The predicted octanol–water partition coefficient (Wildman–Crippen LogP) is 6.43. The first kappa shape index (κ1) is 30.6. The molecule has 5 rings (SSSR count). The largest absolute Gasteiger partial charge is 0.474 e. The van der Waals surface area contributed by atoms with Crippen molar-refractivity contribution in [2.75, 3.05) is 30.4 Å². The summed E-state index contributed by atoms with van der Waals surface area (Å²) in [5.74, 6) is -1.85. The van der Waals surface area contributed by atoms with Crippen LogP contribution in [0.15, 0.2) is 66.9 Å². The fourth-order valence-electron chi connectivity index (χ4n) is 4.79. The molecule has 230 valence electrons. The van der Waals surface area contributed by atoms with Crippen molar-refractivity contribution in [2.45, 2.75) is 45.1 Å². The van der Waals surface area contributed by atoms with E-state index in [1.165, 1.54) is 17.2 Å². The molecule has 1 aliphatic heterocycles. The summed E-state index contributed by atoms with van der Waals surface area (Å²) in [6.07, 6.45) is 2.06. The highest BCUT2D eigenvalue weighted by Gasteiger charge is 2.29. The van der Waals surface area contributed by atoms with Gasteiger partial charge in [0.15, 0.2) is 0 Å². The summed E-state index contributed by atoms with van der Waals surface area (Å²) < 4.78 is 49.5. The number of anilines is 2. The van der Waals surface area contributed by atoms with E-state index < -0.39 is 41.2 Å². The smallest absolute Gasteiger partial charge is 0.324 e. The van der Waals surface area contributed by atoms with Crippen LogP contribution in [-0.4, -0.2) is 57.5 Å². The number of carbonyl (C=O) groups excluding carboxylic acids is 2. The van der Waals surface area contributed by atoms with Crippen LogP contribution in [0.25, 0.3) is 5.69 Å². The number of benzene rings is 2. The molecule has 3 heterocycles. The van der Waals surface area contributed by atoms with Gasteiger partial charge in [0.05, 0.1) is 11.4 Å². The fraction of sp³-hybridized carbons (Fsp3) is 0.312. The van der Waals surface area contributed by atoms with Crippen molar-refractivity contribution in [1.29, 1.82) is 0 Å². The number of carbonyl (C=O) groups is 2. The first-order valence-corrected chi connectivity index (χ1v) is 14.2. The molecule has 3 amide bonds. The minimum absolute atomic E-state index is 0.257. The molecule has 0 aliphatic carbocycles. The van der Waals surface area contributed by atoms with Gasteiger partial charge in [0.2, 0.25) is 5.88 Å². The number of ether oxygens (including phenoxy) is 1. The van der Waals surface area contributed by atoms with E-state index in [9.17, 15) is 22.8 Å². The van der Waals surface area contributed by atoms with Gasteiger partial charge >= 0.3 is 6.03 Å². The van der Waals surface area contributed by atoms with Crippen LogP contribution >= 0.6 is 0 Å². The number of likely N-dealkylation sites (tertiary alicyclic amines) is 1. The van der Waals surface area contributed by atoms with Crippen molar-refractivity contribution in [3.8, 4) is 11.6 Å². The summed E-state index contributed by atoms with van der Waals surface area (Å²) in [4.78, 5) is 31.3. The third-order valence-electron chi connectivity index (χ3n) is 7.44. The Balaban J connectivity index is 1.22. The van der Waals surface area contributed by atoms with Crippen LogP contribution in [0.2, 0.25) is 0 Å². The van der Waals surface area contributed by atoms with Gasteiger partial charge in [-0.2, -0.15) is 5.10 Å². The number of halogens is 3. The van der Waals surface area contributed by atoms with Gasteiger partial charge in [-0.05, 0) is 37.3 Å². The van der Waals surface area contributed by atoms with Crippen molar-refractivity contribution in [3.05, 3.63) is 95.3 Å². The second-order valence-corrected chi connectivity index (χ2v) is 11.3. The van der Waals surface area contributed by atoms with Crippen molar-refractivity contribution in [2.24, 2.45) is 0 Å². The summed E-state index contributed by atoms with van der Waals surface area (Å²) in [6.45, 7) is 5.33. The number of rotatable bonds is 8.